The molecule has 1 unspecified atom stereocenters. The van der Waals surface area contributed by atoms with E-state index in [2.05, 4.69) is 15.3 Å². The number of piperidine rings is 2. The first kappa shape index (κ1) is 29.9. The first-order valence-electron chi connectivity index (χ1n) is 13.8. The highest BCUT2D eigenvalue weighted by Gasteiger charge is 2.31. The first-order valence-corrected chi connectivity index (χ1v) is 13.8. The highest BCUT2D eigenvalue weighted by atomic mass is 19.1. The van der Waals surface area contributed by atoms with Gasteiger partial charge in [0, 0.05) is 65.1 Å². The van der Waals surface area contributed by atoms with E-state index in [0.717, 1.165) is 5.57 Å². The third-order valence-corrected chi connectivity index (χ3v) is 7.63. The lowest BCUT2D eigenvalue weighted by Gasteiger charge is -2.35. The second kappa shape index (κ2) is 14.0. The zero-order chi connectivity index (χ0) is 29.4. The van der Waals surface area contributed by atoms with Crippen molar-refractivity contribution >= 4 is 23.8 Å². The van der Waals surface area contributed by atoms with E-state index in [-0.39, 0.29) is 36.8 Å². The number of amides is 2. The van der Waals surface area contributed by atoms with Crippen LogP contribution < -0.4 is 15.8 Å². The molecule has 2 saturated heterocycles. The summed E-state index contributed by atoms with van der Waals surface area (Å²) in [6.45, 7) is 2.16. The van der Waals surface area contributed by atoms with E-state index in [0.29, 0.717) is 56.8 Å². The maximum absolute atomic E-state index is 14.9. The minimum absolute atomic E-state index is 0. The molecular formula is C30H39FN6O4. The SMILES string of the molecule is CN=C/C(=C\N)CN1CCC(NC(=O)c2ccc(C(=O)N3CCC(C(=O)c4ccc(OC)cc4)CC3)nc2)[C@H](F)C1.[HH]. The number of hydrogen-bond donors (Lipinski definition) is 2. The minimum atomic E-state index is -1.24. The molecule has 2 aliphatic rings. The molecule has 0 bridgehead atoms. The Morgan fingerprint density at radius 2 is 1.83 bits per heavy atom. The van der Waals surface area contributed by atoms with Crippen molar-refractivity contribution in [2.45, 2.75) is 31.5 Å². The summed E-state index contributed by atoms with van der Waals surface area (Å²) in [5, 5.41) is 2.76. The predicted molar refractivity (Wildman–Crippen MR) is 156 cm³/mol. The number of methoxy groups -OCH3 is 1. The molecule has 220 valence electrons. The molecule has 1 aromatic heterocycles. The number of ketones is 1. The topological polar surface area (TPSA) is 130 Å². The summed E-state index contributed by atoms with van der Waals surface area (Å²) in [5.41, 5.74) is 7.52. The summed E-state index contributed by atoms with van der Waals surface area (Å²) in [7, 11) is 3.23. The number of rotatable bonds is 9. The summed E-state index contributed by atoms with van der Waals surface area (Å²) < 4.78 is 20.0. The number of pyridine rings is 1. The monoisotopic (exact) mass is 566 g/mol. The van der Waals surface area contributed by atoms with Crippen LogP contribution in [0.4, 0.5) is 4.39 Å². The van der Waals surface area contributed by atoms with Crippen molar-refractivity contribution in [1.29, 1.82) is 0 Å². The zero-order valence-corrected chi connectivity index (χ0v) is 23.5. The molecule has 0 saturated carbocycles. The van der Waals surface area contributed by atoms with Crippen molar-refractivity contribution in [2.75, 3.05) is 46.9 Å². The Hall–Kier alpha value is -4.12. The molecule has 41 heavy (non-hydrogen) atoms. The average molecular weight is 567 g/mol. The van der Waals surface area contributed by atoms with Gasteiger partial charge in [-0.2, -0.15) is 0 Å². The van der Waals surface area contributed by atoms with Gasteiger partial charge in [-0.05, 0) is 67.4 Å². The molecular weight excluding hydrogens is 527 g/mol. The number of halogens is 1. The molecule has 1 aromatic carbocycles. The van der Waals surface area contributed by atoms with Crippen molar-refractivity contribution in [3.8, 4) is 5.75 Å². The first-order chi connectivity index (χ1) is 19.8. The van der Waals surface area contributed by atoms with Crippen molar-refractivity contribution < 1.29 is 24.9 Å². The van der Waals surface area contributed by atoms with E-state index in [1.54, 1.807) is 49.5 Å². The largest absolute Gasteiger partial charge is 0.497 e. The smallest absolute Gasteiger partial charge is 0.272 e. The zero-order valence-electron chi connectivity index (χ0n) is 23.5. The summed E-state index contributed by atoms with van der Waals surface area (Å²) >= 11 is 0. The van der Waals surface area contributed by atoms with E-state index < -0.39 is 18.1 Å². The number of nitrogens with zero attached hydrogens (tertiary/aromatic N) is 4. The molecule has 0 spiro atoms. The van der Waals surface area contributed by atoms with Crippen molar-refractivity contribution in [2.24, 2.45) is 16.6 Å². The maximum Gasteiger partial charge on any atom is 0.272 e. The Morgan fingerprint density at radius 3 is 2.41 bits per heavy atom. The second-order valence-electron chi connectivity index (χ2n) is 10.3. The third kappa shape index (κ3) is 7.55. The summed E-state index contributed by atoms with van der Waals surface area (Å²) in [5.74, 6) is -0.0722. The van der Waals surface area contributed by atoms with Crippen LogP contribution in [-0.2, 0) is 0 Å². The van der Waals surface area contributed by atoms with E-state index in [4.69, 9.17) is 10.5 Å². The quantitative estimate of drug-likeness (QED) is 0.353. The number of aliphatic imine (C=N–C) groups is 1. The van der Waals surface area contributed by atoms with Gasteiger partial charge in [0.2, 0.25) is 0 Å². The summed E-state index contributed by atoms with van der Waals surface area (Å²) in [6, 6.07) is 9.47. The summed E-state index contributed by atoms with van der Waals surface area (Å²) in [4.78, 5) is 50.4. The van der Waals surface area contributed by atoms with E-state index in [9.17, 15) is 18.8 Å². The van der Waals surface area contributed by atoms with Gasteiger partial charge in [-0.1, -0.05) is 0 Å². The molecule has 3 heterocycles. The van der Waals surface area contributed by atoms with Crippen molar-refractivity contribution in [1.82, 2.24) is 20.1 Å². The Bertz CT molecular complexity index is 1280. The van der Waals surface area contributed by atoms with Gasteiger partial charge in [-0.15, -0.1) is 0 Å². The van der Waals surface area contributed by atoms with Gasteiger partial charge in [-0.25, -0.2) is 4.39 Å². The van der Waals surface area contributed by atoms with E-state index in [1.165, 1.54) is 24.5 Å². The normalized spacial score (nSPS) is 20.7. The highest BCUT2D eigenvalue weighted by Crippen LogP contribution is 2.24. The molecule has 3 N–H and O–H groups in total. The van der Waals surface area contributed by atoms with Gasteiger partial charge >= 0.3 is 0 Å². The molecule has 4 rings (SSSR count). The predicted octanol–water partition coefficient (Wildman–Crippen LogP) is 2.76. The Morgan fingerprint density at radius 1 is 1.12 bits per heavy atom. The van der Waals surface area contributed by atoms with Gasteiger partial charge in [-0.3, -0.25) is 29.3 Å². The van der Waals surface area contributed by atoms with Crippen LogP contribution in [0.15, 0.2) is 59.4 Å². The van der Waals surface area contributed by atoms with Crippen LogP contribution >= 0.6 is 0 Å². The fourth-order valence-electron chi connectivity index (χ4n) is 5.24. The number of nitrogens with two attached hydrogens (primary N) is 1. The molecule has 10 nitrogen and oxygen atoms in total. The number of alkyl halides is 1. The standard InChI is InChI=1S/C30H37FN6O4.H2/c1-33-16-20(15-32)18-36-12-11-26(25(31)19-36)35-29(39)23-5-8-27(34-17-23)30(40)37-13-9-22(10-14-37)28(38)21-3-6-24(41-2)7-4-21;/h3-8,15-17,22,25-26H,9-14,18-19,32H2,1-2H3,(H,35,39);1H/b20-15+,33-16?;/t25-,26?;/m1./s1. The van der Waals surface area contributed by atoms with Crippen LogP contribution in [0.3, 0.4) is 0 Å². The van der Waals surface area contributed by atoms with Crippen LogP contribution in [0.1, 0.15) is 51.9 Å². The summed E-state index contributed by atoms with van der Waals surface area (Å²) in [6.07, 6.45) is 4.80. The Balaban J connectivity index is 0.00000484. The second-order valence-corrected chi connectivity index (χ2v) is 10.3. The number of hydrogen-bond acceptors (Lipinski definition) is 8. The average Bonchev–Trinajstić information content (AvgIpc) is 3.01. The number of nitrogens with one attached hydrogen (secondary N) is 1. The number of Topliss-reactive ketones (excluding diaryl/α,β-unsaturated/α-hetero) is 1. The molecule has 0 radical (unpaired) electrons. The number of ether oxygens (including phenoxy) is 1. The number of carbonyl (C=O) groups is 3. The Kier molecular flexibility index (Phi) is 10.2. The van der Waals surface area contributed by atoms with Crippen LogP contribution in [0.2, 0.25) is 0 Å². The number of likely N-dealkylation sites (tertiary alicyclic amines) is 2. The lowest BCUT2D eigenvalue weighted by molar-refractivity contribution is 0.0645. The van der Waals surface area contributed by atoms with Gasteiger partial charge in [0.25, 0.3) is 11.8 Å². The van der Waals surface area contributed by atoms with Crippen LogP contribution in [0, 0.1) is 5.92 Å². The lowest BCUT2D eigenvalue weighted by Crippen LogP contribution is -2.52. The van der Waals surface area contributed by atoms with Gasteiger partial charge < -0.3 is 20.7 Å². The highest BCUT2D eigenvalue weighted by molar-refractivity contribution is 5.99. The van der Waals surface area contributed by atoms with Gasteiger partial charge in [0.1, 0.15) is 17.6 Å². The van der Waals surface area contributed by atoms with Crippen molar-refractivity contribution in [3.63, 3.8) is 0 Å². The molecule has 2 fully saturated rings. The molecule has 2 aromatic rings. The van der Waals surface area contributed by atoms with Crippen LogP contribution in [-0.4, -0.2) is 97.7 Å². The minimum Gasteiger partial charge on any atom is -0.497 e. The van der Waals surface area contributed by atoms with Gasteiger partial charge in [0.05, 0.1) is 18.7 Å². The van der Waals surface area contributed by atoms with E-state index in [1.807, 2.05) is 4.90 Å². The maximum atomic E-state index is 14.9. The van der Waals surface area contributed by atoms with Crippen LogP contribution in [0.5, 0.6) is 5.75 Å². The van der Waals surface area contributed by atoms with E-state index >= 15 is 0 Å². The number of aromatic nitrogens is 1. The molecule has 2 amide bonds. The molecule has 2 atom stereocenters. The van der Waals surface area contributed by atoms with Crippen molar-refractivity contribution in [3.05, 3.63) is 71.2 Å². The van der Waals surface area contributed by atoms with Crippen LogP contribution in [0.25, 0.3) is 0 Å². The molecule has 11 heteroatoms. The fraction of sp³-hybridized carbons (Fsp3) is 0.433. The Labute approximate surface area is 240 Å². The molecule has 0 aliphatic carbocycles. The third-order valence-electron chi connectivity index (χ3n) is 7.63. The van der Waals surface area contributed by atoms with Gasteiger partial charge in [0.15, 0.2) is 5.78 Å². The molecule has 2 aliphatic heterocycles. The lowest BCUT2D eigenvalue weighted by atomic mass is 9.88. The number of carbonyl (C=O) groups excluding carboxylic acids is 3. The fourth-order valence-corrected chi connectivity index (χ4v) is 5.24. The number of benzene rings is 1.